The lowest BCUT2D eigenvalue weighted by atomic mass is 9.77. The summed E-state index contributed by atoms with van der Waals surface area (Å²) in [5.41, 5.74) is -0.936. The highest BCUT2D eigenvalue weighted by molar-refractivity contribution is 5.85. The zero-order valence-electron chi connectivity index (χ0n) is 13.0. The fraction of sp³-hybridized carbons (Fsp3) is 0.867. The van der Waals surface area contributed by atoms with Crippen molar-refractivity contribution in [3.05, 3.63) is 0 Å². The van der Waals surface area contributed by atoms with E-state index in [-0.39, 0.29) is 25.5 Å². The van der Waals surface area contributed by atoms with E-state index in [9.17, 15) is 19.8 Å². The molecule has 2 N–H and O–H groups in total. The second-order valence-corrected chi connectivity index (χ2v) is 6.06. The van der Waals surface area contributed by atoms with Gasteiger partial charge in [-0.15, -0.1) is 0 Å². The first-order valence-electron chi connectivity index (χ1n) is 7.55. The first-order valence-corrected chi connectivity index (χ1v) is 7.55. The Morgan fingerprint density at radius 3 is 2.29 bits per heavy atom. The smallest absolute Gasteiger partial charge is 0.310 e. The van der Waals surface area contributed by atoms with Crippen LogP contribution in [0.2, 0.25) is 0 Å². The summed E-state index contributed by atoms with van der Waals surface area (Å²) in [6, 6.07) is 0. The zero-order valence-corrected chi connectivity index (χ0v) is 13.0. The maximum atomic E-state index is 12.3. The fourth-order valence-electron chi connectivity index (χ4n) is 2.96. The van der Waals surface area contributed by atoms with Crippen LogP contribution in [0.3, 0.4) is 0 Å². The molecule has 0 spiro atoms. The molecule has 1 amide bonds. The number of aliphatic carboxylic acids is 1. The molecule has 1 rings (SSSR count). The maximum absolute atomic E-state index is 12.3. The molecule has 0 aromatic carbocycles. The summed E-state index contributed by atoms with van der Waals surface area (Å²) in [5.74, 6) is -1.10. The number of aliphatic hydroxyl groups is 1. The number of carboxylic acid groups (broad SMARTS) is 1. The Bertz CT molecular complexity index is 350. The van der Waals surface area contributed by atoms with Crippen molar-refractivity contribution >= 4 is 11.9 Å². The van der Waals surface area contributed by atoms with Gasteiger partial charge in [0.2, 0.25) is 5.91 Å². The summed E-state index contributed by atoms with van der Waals surface area (Å²) in [6.45, 7) is 0.310. The number of methoxy groups -OCH3 is 1. The number of nitrogens with zero attached hydrogens (tertiary/aromatic N) is 1. The van der Waals surface area contributed by atoms with Crippen molar-refractivity contribution in [3.63, 3.8) is 0 Å². The van der Waals surface area contributed by atoms with Gasteiger partial charge < -0.3 is 19.8 Å². The number of aliphatic hydroxyl groups excluding tert-OH is 1. The molecular formula is C15H27NO5. The molecule has 6 heteroatoms. The SMILES string of the molecule is COCC(O)CN(C)C(=O)CC1(C(=O)O)CCCCCC1. The minimum Gasteiger partial charge on any atom is -0.481 e. The van der Waals surface area contributed by atoms with Gasteiger partial charge in [-0.2, -0.15) is 0 Å². The predicted octanol–water partition coefficient (Wildman–Crippen LogP) is 1.27. The summed E-state index contributed by atoms with van der Waals surface area (Å²) in [5, 5.41) is 19.2. The standard InChI is InChI=1S/C15H27NO5/c1-16(10-12(17)11-21-2)13(18)9-15(14(19)20)7-5-3-4-6-8-15/h12,17H,3-11H2,1-2H3,(H,19,20). The van der Waals surface area contributed by atoms with Crippen molar-refractivity contribution < 1.29 is 24.5 Å². The number of ether oxygens (including phenoxy) is 1. The number of amides is 1. The number of carbonyl (C=O) groups is 2. The van der Waals surface area contributed by atoms with Crippen LogP contribution in [0.5, 0.6) is 0 Å². The Balaban J connectivity index is 2.65. The molecule has 0 aliphatic heterocycles. The van der Waals surface area contributed by atoms with Gasteiger partial charge in [-0.25, -0.2) is 0 Å². The Labute approximate surface area is 126 Å². The Morgan fingerprint density at radius 1 is 1.24 bits per heavy atom. The van der Waals surface area contributed by atoms with E-state index >= 15 is 0 Å². The average molecular weight is 301 g/mol. The van der Waals surface area contributed by atoms with Gasteiger partial charge in [0.1, 0.15) is 0 Å². The van der Waals surface area contributed by atoms with Gasteiger partial charge in [-0.1, -0.05) is 25.7 Å². The van der Waals surface area contributed by atoms with E-state index in [0.717, 1.165) is 25.7 Å². The Kier molecular flexibility index (Phi) is 7.11. The highest BCUT2D eigenvalue weighted by atomic mass is 16.5. The fourth-order valence-corrected chi connectivity index (χ4v) is 2.96. The molecule has 1 atom stereocenters. The van der Waals surface area contributed by atoms with Crippen molar-refractivity contribution in [2.75, 3.05) is 27.3 Å². The second kappa shape index (κ2) is 8.34. The van der Waals surface area contributed by atoms with E-state index in [4.69, 9.17) is 4.74 Å². The van der Waals surface area contributed by atoms with Crippen molar-refractivity contribution in [3.8, 4) is 0 Å². The summed E-state index contributed by atoms with van der Waals surface area (Å²) < 4.78 is 4.83. The topological polar surface area (TPSA) is 87.1 Å². The monoisotopic (exact) mass is 301 g/mol. The molecule has 0 aromatic rings. The van der Waals surface area contributed by atoms with E-state index in [1.807, 2.05) is 0 Å². The maximum Gasteiger partial charge on any atom is 0.310 e. The zero-order chi connectivity index (χ0) is 15.9. The van der Waals surface area contributed by atoms with Crippen molar-refractivity contribution in [1.82, 2.24) is 4.90 Å². The third-order valence-corrected chi connectivity index (χ3v) is 4.27. The molecule has 0 bridgehead atoms. The molecule has 1 aliphatic rings. The van der Waals surface area contributed by atoms with E-state index in [1.165, 1.54) is 12.0 Å². The number of rotatable bonds is 7. The molecule has 0 saturated heterocycles. The molecule has 21 heavy (non-hydrogen) atoms. The van der Waals surface area contributed by atoms with Gasteiger partial charge in [0.25, 0.3) is 0 Å². The number of likely N-dealkylation sites (N-methyl/N-ethyl adjacent to an activating group) is 1. The molecule has 0 radical (unpaired) electrons. The highest BCUT2D eigenvalue weighted by Crippen LogP contribution is 2.38. The van der Waals surface area contributed by atoms with Gasteiger partial charge >= 0.3 is 5.97 Å². The molecule has 6 nitrogen and oxygen atoms in total. The van der Waals surface area contributed by atoms with Crippen LogP contribution in [0.4, 0.5) is 0 Å². The van der Waals surface area contributed by atoms with Gasteiger partial charge in [-0.05, 0) is 12.8 Å². The number of hydrogen-bond acceptors (Lipinski definition) is 4. The van der Waals surface area contributed by atoms with Crippen LogP contribution in [0.25, 0.3) is 0 Å². The van der Waals surface area contributed by atoms with E-state index in [1.54, 1.807) is 7.05 Å². The average Bonchev–Trinajstić information content (AvgIpc) is 2.65. The lowest BCUT2D eigenvalue weighted by Gasteiger charge is -2.30. The van der Waals surface area contributed by atoms with Crippen LogP contribution in [0.15, 0.2) is 0 Å². The quantitative estimate of drug-likeness (QED) is 0.691. The second-order valence-electron chi connectivity index (χ2n) is 6.06. The van der Waals surface area contributed by atoms with Crippen LogP contribution < -0.4 is 0 Å². The normalized spacial score (nSPS) is 19.6. The number of carboxylic acids is 1. The molecule has 122 valence electrons. The molecule has 1 fully saturated rings. The Morgan fingerprint density at radius 2 is 1.81 bits per heavy atom. The van der Waals surface area contributed by atoms with Crippen LogP contribution in [0.1, 0.15) is 44.9 Å². The van der Waals surface area contributed by atoms with Crippen molar-refractivity contribution in [2.24, 2.45) is 5.41 Å². The summed E-state index contributed by atoms with van der Waals surface area (Å²) in [6.07, 6.45) is 4.16. The largest absolute Gasteiger partial charge is 0.481 e. The Hall–Kier alpha value is -1.14. The predicted molar refractivity (Wildman–Crippen MR) is 77.9 cm³/mol. The third-order valence-electron chi connectivity index (χ3n) is 4.27. The van der Waals surface area contributed by atoms with E-state index in [0.29, 0.717) is 12.8 Å². The van der Waals surface area contributed by atoms with Crippen LogP contribution in [0, 0.1) is 5.41 Å². The third kappa shape index (κ3) is 5.28. The minimum atomic E-state index is -0.936. The first-order chi connectivity index (χ1) is 9.91. The van der Waals surface area contributed by atoms with Gasteiger partial charge in [-0.3, -0.25) is 9.59 Å². The molecule has 1 unspecified atom stereocenters. The van der Waals surface area contributed by atoms with Crippen molar-refractivity contribution in [2.45, 2.75) is 51.0 Å². The summed E-state index contributed by atoms with van der Waals surface area (Å²) >= 11 is 0. The summed E-state index contributed by atoms with van der Waals surface area (Å²) in [4.78, 5) is 25.4. The molecular weight excluding hydrogens is 274 g/mol. The lowest BCUT2D eigenvalue weighted by molar-refractivity contribution is -0.154. The van der Waals surface area contributed by atoms with Crippen LogP contribution in [-0.4, -0.2) is 60.4 Å². The van der Waals surface area contributed by atoms with Gasteiger partial charge in [0.05, 0.1) is 18.1 Å². The molecule has 0 heterocycles. The van der Waals surface area contributed by atoms with Crippen LogP contribution >= 0.6 is 0 Å². The van der Waals surface area contributed by atoms with E-state index < -0.39 is 17.5 Å². The lowest BCUT2D eigenvalue weighted by Crippen LogP contribution is -2.41. The van der Waals surface area contributed by atoms with Gasteiger partial charge in [0.15, 0.2) is 0 Å². The number of hydrogen-bond donors (Lipinski definition) is 2. The van der Waals surface area contributed by atoms with E-state index in [2.05, 4.69) is 0 Å². The van der Waals surface area contributed by atoms with Gasteiger partial charge in [0, 0.05) is 27.1 Å². The van der Waals surface area contributed by atoms with Crippen molar-refractivity contribution in [1.29, 1.82) is 0 Å². The number of carbonyl (C=O) groups excluding carboxylic acids is 1. The molecule has 0 aromatic heterocycles. The molecule has 1 aliphatic carbocycles. The highest BCUT2D eigenvalue weighted by Gasteiger charge is 2.41. The first kappa shape index (κ1) is 17.9. The minimum absolute atomic E-state index is 0.0124. The van der Waals surface area contributed by atoms with Crippen LogP contribution in [-0.2, 0) is 14.3 Å². The molecule has 1 saturated carbocycles. The summed E-state index contributed by atoms with van der Waals surface area (Å²) in [7, 11) is 3.07.